The summed E-state index contributed by atoms with van der Waals surface area (Å²) in [5, 5.41) is 3.32. The standard InChI is InChI=1S/C16H17ClN2O/c1-9-7-8-13(18)15(11(9)3)19-16(20)12-6-4-5-10(2)14(12)17/h4-8H,18H2,1-3H3,(H,19,20). The summed E-state index contributed by atoms with van der Waals surface area (Å²) >= 11 is 6.17. The van der Waals surface area contributed by atoms with Crippen molar-refractivity contribution >= 4 is 28.9 Å². The van der Waals surface area contributed by atoms with Crippen molar-refractivity contribution < 1.29 is 4.79 Å². The van der Waals surface area contributed by atoms with Crippen LogP contribution in [-0.4, -0.2) is 5.91 Å². The van der Waals surface area contributed by atoms with Gasteiger partial charge in [-0.3, -0.25) is 4.79 Å². The zero-order valence-electron chi connectivity index (χ0n) is 11.8. The molecule has 0 atom stereocenters. The largest absolute Gasteiger partial charge is 0.397 e. The van der Waals surface area contributed by atoms with Crippen molar-refractivity contribution in [3.05, 3.63) is 57.6 Å². The SMILES string of the molecule is Cc1ccc(N)c(NC(=O)c2cccc(C)c2Cl)c1C. The molecule has 2 rings (SSSR count). The van der Waals surface area contributed by atoms with Crippen molar-refractivity contribution in [3.63, 3.8) is 0 Å². The van der Waals surface area contributed by atoms with Crippen LogP contribution in [0.3, 0.4) is 0 Å². The van der Waals surface area contributed by atoms with Gasteiger partial charge in [0.2, 0.25) is 0 Å². The Kier molecular flexibility index (Phi) is 4.00. The molecule has 4 heteroatoms. The molecular formula is C16H17ClN2O. The van der Waals surface area contributed by atoms with Crippen molar-refractivity contribution in [2.75, 3.05) is 11.1 Å². The molecule has 0 aliphatic carbocycles. The third-order valence-electron chi connectivity index (χ3n) is 3.44. The number of rotatable bonds is 2. The van der Waals surface area contributed by atoms with Crippen molar-refractivity contribution in [2.24, 2.45) is 0 Å². The van der Waals surface area contributed by atoms with E-state index >= 15 is 0 Å². The number of nitrogen functional groups attached to an aromatic ring is 1. The summed E-state index contributed by atoms with van der Waals surface area (Å²) in [5.41, 5.74) is 10.5. The highest BCUT2D eigenvalue weighted by molar-refractivity contribution is 6.35. The molecule has 3 nitrogen and oxygen atoms in total. The zero-order chi connectivity index (χ0) is 14.9. The van der Waals surface area contributed by atoms with Crippen LogP contribution in [-0.2, 0) is 0 Å². The molecule has 0 bridgehead atoms. The summed E-state index contributed by atoms with van der Waals surface area (Å²) in [6, 6.07) is 9.09. The first kappa shape index (κ1) is 14.4. The number of hydrogen-bond donors (Lipinski definition) is 2. The minimum absolute atomic E-state index is 0.251. The predicted octanol–water partition coefficient (Wildman–Crippen LogP) is 4.10. The van der Waals surface area contributed by atoms with E-state index in [1.54, 1.807) is 12.1 Å². The highest BCUT2D eigenvalue weighted by Gasteiger charge is 2.14. The molecule has 0 aromatic heterocycles. The summed E-state index contributed by atoms with van der Waals surface area (Å²) in [6.45, 7) is 5.77. The minimum atomic E-state index is -0.251. The molecule has 2 aromatic carbocycles. The van der Waals surface area contributed by atoms with E-state index in [0.29, 0.717) is 22.0 Å². The van der Waals surface area contributed by atoms with Gasteiger partial charge in [-0.15, -0.1) is 0 Å². The van der Waals surface area contributed by atoms with Crippen LogP contribution in [0.15, 0.2) is 30.3 Å². The number of benzene rings is 2. The molecule has 0 radical (unpaired) electrons. The summed E-state index contributed by atoms with van der Waals surface area (Å²) < 4.78 is 0. The van der Waals surface area contributed by atoms with Crippen molar-refractivity contribution in [3.8, 4) is 0 Å². The minimum Gasteiger partial charge on any atom is -0.397 e. The molecule has 0 saturated carbocycles. The van der Waals surface area contributed by atoms with Crippen LogP contribution >= 0.6 is 11.6 Å². The Bertz CT molecular complexity index is 680. The third-order valence-corrected chi connectivity index (χ3v) is 3.94. The van der Waals surface area contributed by atoms with Gasteiger partial charge in [0.05, 0.1) is 22.0 Å². The number of aryl methyl sites for hydroxylation is 2. The van der Waals surface area contributed by atoms with Crippen LogP contribution in [0.2, 0.25) is 5.02 Å². The molecule has 3 N–H and O–H groups in total. The predicted molar refractivity (Wildman–Crippen MR) is 84.5 cm³/mol. The van der Waals surface area contributed by atoms with Gasteiger partial charge in [-0.2, -0.15) is 0 Å². The lowest BCUT2D eigenvalue weighted by molar-refractivity contribution is 0.102. The van der Waals surface area contributed by atoms with Gasteiger partial charge in [-0.05, 0) is 49.6 Å². The van der Waals surface area contributed by atoms with Crippen LogP contribution in [0.25, 0.3) is 0 Å². The first-order valence-electron chi connectivity index (χ1n) is 6.34. The molecule has 0 heterocycles. The molecule has 0 saturated heterocycles. The highest BCUT2D eigenvalue weighted by atomic mass is 35.5. The van der Waals surface area contributed by atoms with E-state index in [9.17, 15) is 4.79 Å². The maximum absolute atomic E-state index is 12.4. The van der Waals surface area contributed by atoms with E-state index in [2.05, 4.69) is 5.32 Å². The van der Waals surface area contributed by atoms with Gasteiger partial charge in [0.15, 0.2) is 0 Å². The molecule has 104 valence electrons. The van der Waals surface area contributed by atoms with Gasteiger partial charge in [0.1, 0.15) is 0 Å². The van der Waals surface area contributed by atoms with E-state index in [1.165, 1.54) is 0 Å². The number of amides is 1. The lowest BCUT2D eigenvalue weighted by Gasteiger charge is -2.14. The normalized spacial score (nSPS) is 10.4. The molecule has 0 unspecified atom stereocenters. The van der Waals surface area contributed by atoms with E-state index in [-0.39, 0.29) is 5.91 Å². The monoisotopic (exact) mass is 288 g/mol. The smallest absolute Gasteiger partial charge is 0.257 e. The Labute approximate surface area is 123 Å². The second kappa shape index (κ2) is 5.55. The number of anilines is 2. The lowest BCUT2D eigenvalue weighted by atomic mass is 10.1. The fourth-order valence-corrected chi connectivity index (χ4v) is 2.22. The maximum atomic E-state index is 12.4. The average molecular weight is 289 g/mol. The third kappa shape index (κ3) is 2.63. The molecule has 0 aliphatic heterocycles. The Morgan fingerprint density at radius 1 is 1.10 bits per heavy atom. The molecule has 0 spiro atoms. The second-order valence-electron chi connectivity index (χ2n) is 4.86. The summed E-state index contributed by atoms with van der Waals surface area (Å²) in [7, 11) is 0. The molecule has 2 aromatic rings. The number of nitrogens with two attached hydrogens (primary N) is 1. The lowest BCUT2D eigenvalue weighted by Crippen LogP contribution is -2.15. The van der Waals surface area contributed by atoms with Gasteiger partial charge < -0.3 is 11.1 Å². The number of carbonyl (C=O) groups is 1. The van der Waals surface area contributed by atoms with E-state index < -0.39 is 0 Å². The van der Waals surface area contributed by atoms with Crippen LogP contribution in [0.5, 0.6) is 0 Å². The van der Waals surface area contributed by atoms with Crippen molar-refractivity contribution in [1.29, 1.82) is 0 Å². The van der Waals surface area contributed by atoms with Gasteiger partial charge in [0.25, 0.3) is 5.91 Å². The second-order valence-corrected chi connectivity index (χ2v) is 5.24. The van der Waals surface area contributed by atoms with Gasteiger partial charge in [-0.25, -0.2) is 0 Å². The molecule has 0 fully saturated rings. The van der Waals surface area contributed by atoms with Crippen molar-refractivity contribution in [2.45, 2.75) is 20.8 Å². The molecule has 1 amide bonds. The van der Waals surface area contributed by atoms with E-state index in [0.717, 1.165) is 16.7 Å². The Balaban J connectivity index is 2.38. The van der Waals surface area contributed by atoms with Crippen LogP contribution in [0, 0.1) is 20.8 Å². The number of carbonyl (C=O) groups excluding carboxylic acids is 1. The van der Waals surface area contributed by atoms with Crippen LogP contribution < -0.4 is 11.1 Å². The molecule has 20 heavy (non-hydrogen) atoms. The molecule has 0 aliphatic rings. The Morgan fingerprint density at radius 2 is 1.80 bits per heavy atom. The first-order valence-corrected chi connectivity index (χ1v) is 6.71. The van der Waals surface area contributed by atoms with Gasteiger partial charge in [-0.1, -0.05) is 29.8 Å². The summed E-state index contributed by atoms with van der Waals surface area (Å²) in [6.07, 6.45) is 0. The first-order chi connectivity index (χ1) is 9.41. The average Bonchev–Trinajstić information content (AvgIpc) is 2.42. The Hall–Kier alpha value is -2.00. The zero-order valence-corrected chi connectivity index (χ0v) is 12.5. The van der Waals surface area contributed by atoms with E-state index in [4.69, 9.17) is 17.3 Å². The van der Waals surface area contributed by atoms with Crippen LogP contribution in [0.1, 0.15) is 27.0 Å². The Morgan fingerprint density at radius 3 is 2.50 bits per heavy atom. The van der Waals surface area contributed by atoms with Crippen molar-refractivity contribution in [1.82, 2.24) is 0 Å². The number of halogens is 1. The quantitative estimate of drug-likeness (QED) is 0.818. The topological polar surface area (TPSA) is 55.1 Å². The van der Waals surface area contributed by atoms with Gasteiger partial charge in [0, 0.05) is 0 Å². The number of hydrogen-bond acceptors (Lipinski definition) is 2. The fourth-order valence-electron chi connectivity index (χ4n) is 2.01. The summed E-state index contributed by atoms with van der Waals surface area (Å²) in [5.74, 6) is -0.251. The van der Waals surface area contributed by atoms with Crippen LogP contribution in [0.4, 0.5) is 11.4 Å². The summed E-state index contributed by atoms with van der Waals surface area (Å²) in [4.78, 5) is 12.4. The maximum Gasteiger partial charge on any atom is 0.257 e. The highest BCUT2D eigenvalue weighted by Crippen LogP contribution is 2.28. The molecular weight excluding hydrogens is 272 g/mol. The number of nitrogens with one attached hydrogen (secondary N) is 1. The van der Waals surface area contributed by atoms with Gasteiger partial charge >= 0.3 is 0 Å². The fraction of sp³-hybridized carbons (Fsp3) is 0.188. The van der Waals surface area contributed by atoms with E-state index in [1.807, 2.05) is 39.0 Å².